The molecule has 1 aromatic carbocycles. The first-order valence-electron chi connectivity index (χ1n) is 9.69. The quantitative estimate of drug-likeness (QED) is 0.864. The molecule has 5 nitrogen and oxygen atoms in total. The molecule has 0 aliphatic carbocycles. The minimum Gasteiger partial charge on any atom is -0.396 e. The molecular formula is C21H32N4O. The summed E-state index contributed by atoms with van der Waals surface area (Å²) in [5.41, 5.74) is 4.65. The molecule has 0 spiro atoms. The van der Waals surface area contributed by atoms with Gasteiger partial charge in [-0.05, 0) is 57.9 Å². The SMILES string of the molecule is Cc1cc(C)n(-c2cccc(CN3CCN(C(C)C)C(CCO)C3)c2)n1. The first-order valence-corrected chi connectivity index (χ1v) is 9.69. The van der Waals surface area contributed by atoms with Gasteiger partial charge in [-0.15, -0.1) is 0 Å². The zero-order valence-corrected chi connectivity index (χ0v) is 16.5. The van der Waals surface area contributed by atoms with Crippen LogP contribution in [0, 0.1) is 13.8 Å². The molecule has 1 aliphatic rings. The van der Waals surface area contributed by atoms with Gasteiger partial charge in [0.25, 0.3) is 0 Å². The van der Waals surface area contributed by atoms with Gasteiger partial charge in [-0.2, -0.15) is 5.10 Å². The van der Waals surface area contributed by atoms with Crippen LogP contribution < -0.4 is 0 Å². The van der Waals surface area contributed by atoms with E-state index in [1.807, 2.05) is 11.6 Å². The number of hydrogen-bond donors (Lipinski definition) is 1. The molecule has 2 aromatic rings. The summed E-state index contributed by atoms with van der Waals surface area (Å²) in [7, 11) is 0. The molecule has 3 rings (SSSR count). The fraction of sp³-hybridized carbons (Fsp3) is 0.571. The van der Waals surface area contributed by atoms with E-state index in [4.69, 9.17) is 0 Å². The van der Waals surface area contributed by atoms with E-state index in [0.717, 1.165) is 49.7 Å². The molecule has 1 saturated heterocycles. The average Bonchev–Trinajstić information content (AvgIpc) is 2.94. The van der Waals surface area contributed by atoms with Gasteiger partial charge >= 0.3 is 0 Å². The Morgan fingerprint density at radius 3 is 2.65 bits per heavy atom. The lowest BCUT2D eigenvalue weighted by atomic mass is 10.1. The summed E-state index contributed by atoms with van der Waals surface area (Å²) < 4.78 is 2.02. The van der Waals surface area contributed by atoms with E-state index in [0.29, 0.717) is 12.1 Å². The van der Waals surface area contributed by atoms with Crippen molar-refractivity contribution >= 4 is 0 Å². The number of hydrogen-bond acceptors (Lipinski definition) is 4. The van der Waals surface area contributed by atoms with Gasteiger partial charge in [-0.3, -0.25) is 9.80 Å². The van der Waals surface area contributed by atoms with Crippen molar-refractivity contribution in [2.75, 3.05) is 26.2 Å². The van der Waals surface area contributed by atoms with Crippen molar-refractivity contribution < 1.29 is 5.11 Å². The number of aromatic nitrogens is 2. The van der Waals surface area contributed by atoms with Crippen LogP contribution in [0.15, 0.2) is 30.3 Å². The zero-order chi connectivity index (χ0) is 18.7. The van der Waals surface area contributed by atoms with Crippen molar-refractivity contribution in [3.05, 3.63) is 47.3 Å². The molecule has 1 aliphatic heterocycles. The third-order valence-electron chi connectivity index (χ3n) is 5.31. The Labute approximate surface area is 157 Å². The fourth-order valence-electron chi connectivity index (χ4n) is 4.10. The van der Waals surface area contributed by atoms with Crippen molar-refractivity contribution in [2.45, 2.75) is 52.7 Å². The Morgan fingerprint density at radius 1 is 1.19 bits per heavy atom. The van der Waals surface area contributed by atoms with E-state index in [9.17, 15) is 5.11 Å². The standard InChI is InChI=1S/C21H32N4O/c1-16(2)24-10-9-23(15-21(24)8-11-26)14-19-6-5-7-20(13-19)25-18(4)12-17(3)22-25/h5-7,12-13,16,21,26H,8-11,14-15H2,1-4H3. The third-order valence-corrected chi connectivity index (χ3v) is 5.31. The molecular weight excluding hydrogens is 324 g/mol. The summed E-state index contributed by atoms with van der Waals surface area (Å²) in [4.78, 5) is 5.04. The second-order valence-electron chi connectivity index (χ2n) is 7.74. The normalized spacial score (nSPS) is 19.4. The molecule has 142 valence electrons. The molecule has 1 atom stereocenters. The zero-order valence-electron chi connectivity index (χ0n) is 16.5. The summed E-state index contributed by atoms with van der Waals surface area (Å²) in [5.74, 6) is 0. The van der Waals surface area contributed by atoms with Crippen LogP contribution in [0.1, 0.15) is 37.2 Å². The number of benzene rings is 1. The van der Waals surface area contributed by atoms with Gasteiger partial charge in [-0.25, -0.2) is 4.68 Å². The number of nitrogens with zero attached hydrogens (tertiary/aromatic N) is 4. The highest BCUT2D eigenvalue weighted by Gasteiger charge is 2.28. The highest BCUT2D eigenvalue weighted by Crippen LogP contribution is 2.20. The first kappa shape index (κ1) is 19.1. The largest absolute Gasteiger partial charge is 0.396 e. The molecule has 1 unspecified atom stereocenters. The van der Waals surface area contributed by atoms with Crippen LogP contribution in [0.5, 0.6) is 0 Å². The van der Waals surface area contributed by atoms with E-state index in [2.05, 4.69) is 66.0 Å². The van der Waals surface area contributed by atoms with Gasteiger partial charge in [0.15, 0.2) is 0 Å². The number of aliphatic hydroxyl groups is 1. The lowest BCUT2D eigenvalue weighted by molar-refractivity contribution is 0.0349. The summed E-state index contributed by atoms with van der Waals surface area (Å²) in [6.45, 7) is 13.0. The van der Waals surface area contributed by atoms with Crippen molar-refractivity contribution in [1.29, 1.82) is 0 Å². The maximum atomic E-state index is 9.43. The van der Waals surface area contributed by atoms with Gasteiger partial charge in [0, 0.05) is 50.6 Å². The predicted octanol–water partition coefficient (Wildman–Crippen LogP) is 2.77. The number of piperazine rings is 1. The van der Waals surface area contributed by atoms with E-state index in [1.54, 1.807) is 0 Å². The van der Waals surface area contributed by atoms with Gasteiger partial charge in [0.05, 0.1) is 11.4 Å². The molecule has 2 heterocycles. The molecule has 1 aromatic heterocycles. The molecule has 5 heteroatoms. The van der Waals surface area contributed by atoms with E-state index in [-0.39, 0.29) is 6.61 Å². The average molecular weight is 357 g/mol. The minimum atomic E-state index is 0.259. The molecule has 0 amide bonds. The molecule has 1 N–H and O–H groups in total. The molecule has 1 fully saturated rings. The van der Waals surface area contributed by atoms with Crippen molar-refractivity contribution in [3.8, 4) is 5.69 Å². The number of aliphatic hydroxyl groups excluding tert-OH is 1. The van der Waals surface area contributed by atoms with Crippen LogP contribution in [0.2, 0.25) is 0 Å². The van der Waals surface area contributed by atoms with Crippen molar-refractivity contribution in [2.24, 2.45) is 0 Å². The first-order chi connectivity index (χ1) is 12.5. The lowest BCUT2D eigenvalue weighted by Gasteiger charge is -2.43. The second-order valence-corrected chi connectivity index (χ2v) is 7.74. The maximum absolute atomic E-state index is 9.43. The Bertz CT molecular complexity index is 725. The smallest absolute Gasteiger partial charge is 0.0651 e. The second kappa shape index (κ2) is 8.33. The van der Waals surface area contributed by atoms with Crippen molar-refractivity contribution in [3.63, 3.8) is 0 Å². The molecule has 0 saturated carbocycles. The molecule has 26 heavy (non-hydrogen) atoms. The topological polar surface area (TPSA) is 44.5 Å². The van der Waals surface area contributed by atoms with Gasteiger partial charge in [-0.1, -0.05) is 12.1 Å². The van der Waals surface area contributed by atoms with Crippen molar-refractivity contribution in [1.82, 2.24) is 19.6 Å². The number of aryl methyl sites for hydroxylation is 2. The Morgan fingerprint density at radius 2 is 2.00 bits per heavy atom. The maximum Gasteiger partial charge on any atom is 0.0651 e. The van der Waals surface area contributed by atoms with Crippen LogP contribution >= 0.6 is 0 Å². The van der Waals surface area contributed by atoms with E-state index >= 15 is 0 Å². The van der Waals surface area contributed by atoms with Gasteiger partial charge < -0.3 is 5.11 Å². The van der Waals surface area contributed by atoms with Crippen LogP contribution in [-0.2, 0) is 6.54 Å². The van der Waals surface area contributed by atoms with Gasteiger partial charge in [0.1, 0.15) is 0 Å². The third kappa shape index (κ3) is 4.34. The summed E-state index contributed by atoms with van der Waals surface area (Å²) in [6.07, 6.45) is 0.848. The van der Waals surface area contributed by atoms with Crippen LogP contribution in [-0.4, -0.2) is 63.0 Å². The summed E-state index contributed by atoms with van der Waals surface area (Å²) in [6, 6.07) is 11.8. The van der Waals surface area contributed by atoms with Crippen LogP contribution in [0.4, 0.5) is 0 Å². The fourth-order valence-corrected chi connectivity index (χ4v) is 4.10. The Balaban J connectivity index is 1.71. The van der Waals surface area contributed by atoms with E-state index < -0.39 is 0 Å². The Kier molecular flexibility index (Phi) is 6.12. The number of rotatable bonds is 6. The summed E-state index contributed by atoms with van der Waals surface area (Å²) in [5, 5.41) is 14.0. The summed E-state index contributed by atoms with van der Waals surface area (Å²) >= 11 is 0. The predicted molar refractivity (Wildman–Crippen MR) is 106 cm³/mol. The Hall–Kier alpha value is -1.69. The highest BCUT2D eigenvalue weighted by atomic mass is 16.3. The molecule has 0 bridgehead atoms. The van der Waals surface area contributed by atoms with Gasteiger partial charge in [0.2, 0.25) is 0 Å². The highest BCUT2D eigenvalue weighted by molar-refractivity contribution is 5.37. The minimum absolute atomic E-state index is 0.259. The lowest BCUT2D eigenvalue weighted by Crippen LogP contribution is -2.55. The van der Waals surface area contributed by atoms with Crippen LogP contribution in [0.25, 0.3) is 5.69 Å². The van der Waals surface area contributed by atoms with Crippen LogP contribution in [0.3, 0.4) is 0 Å². The molecule has 0 radical (unpaired) electrons. The van der Waals surface area contributed by atoms with E-state index in [1.165, 1.54) is 5.56 Å². The monoisotopic (exact) mass is 356 g/mol.